The maximum Gasteiger partial charge on any atom is 0.417 e. The molecule has 31 heavy (non-hydrogen) atoms. The molecule has 8 heteroatoms. The Hall–Kier alpha value is -3.60. The highest BCUT2D eigenvalue weighted by molar-refractivity contribution is 5.79. The second-order valence-corrected chi connectivity index (χ2v) is 7.27. The summed E-state index contributed by atoms with van der Waals surface area (Å²) in [7, 11) is 0. The molecule has 158 valence electrons. The largest absolute Gasteiger partial charge is 0.459 e. The summed E-state index contributed by atoms with van der Waals surface area (Å²) >= 11 is 0. The number of oxazole rings is 1. The van der Waals surface area contributed by atoms with Crippen LogP contribution >= 0.6 is 0 Å². The third-order valence-electron chi connectivity index (χ3n) is 5.25. The number of benzene rings is 2. The van der Waals surface area contributed by atoms with E-state index in [0.717, 1.165) is 30.0 Å². The first kappa shape index (κ1) is 20.7. The van der Waals surface area contributed by atoms with Crippen LogP contribution in [-0.2, 0) is 28.7 Å². The van der Waals surface area contributed by atoms with E-state index in [2.05, 4.69) is 11.1 Å². The zero-order chi connectivity index (χ0) is 22.0. The molecule has 1 aromatic heterocycles. The SMILES string of the molecule is N#Cc1ccc2c(c1)CCCC2C(=O)OCc1coc(-c2ccccc2C(F)(F)F)n1. The second-order valence-electron chi connectivity index (χ2n) is 7.27. The van der Waals surface area contributed by atoms with Crippen LogP contribution in [0.15, 0.2) is 53.1 Å². The number of alkyl halides is 3. The first-order valence-corrected chi connectivity index (χ1v) is 9.67. The Morgan fingerprint density at radius 2 is 2.06 bits per heavy atom. The van der Waals surface area contributed by atoms with Gasteiger partial charge in [0.2, 0.25) is 5.89 Å². The number of hydrogen-bond acceptors (Lipinski definition) is 5. The van der Waals surface area contributed by atoms with Crippen molar-refractivity contribution >= 4 is 5.97 Å². The zero-order valence-corrected chi connectivity index (χ0v) is 16.3. The van der Waals surface area contributed by atoms with Crippen LogP contribution in [0, 0.1) is 11.3 Å². The average Bonchev–Trinajstić information content (AvgIpc) is 3.25. The molecule has 2 aromatic carbocycles. The van der Waals surface area contributed by atoms with Gasteiger partial charge in [0.25, 0.3) is 0 Å². The van der Waals surface area contributed by atoms with Gasteiger partial charge in [-0.2, -0.15) is 18.4 Å². The van der Waals surface area contributed by atoms with Crippen molar-refractivity contribution in [3.8, 4) is 17.5 Å². The molecular formula is C23H17F3N2O3. The summed E-state index contributed by atoms with van der Waals surface area (Å²) < 4.78 is 50.2. The van der Waals surface area contributed by atoms with Crippen molar-refractivity contribution < 1.29 is 27.1 Å². The summed E-state index contributed by atoms with van der Waals surface area (Å²) in [5, 5.41) is 9.05. The van der Waals surface area contributed by atoms with E-state index in [9.17, 15) is 18.0 Å². The van der Waals surface area contributed by atoms with E-state index in [1.807, 2.05) is 0 Å². The molecule has 1 heterocycles. The van der Waals surface area contributed by atoms with Gasteiger partial charge in [0, 0.05) is 5.56 Å². The lowest BCUT2D eigenvalue weighted by Gasteiger charge is -2.24. The van der Waals surface area contributed by atoms with Crippen LogP contribution in [0.1, 0.15) is 46.7 Å². The summed E-state index contributed by atoms with van der Waals surface area (Å²) in [4.78, 5) is 16.7. The van der Waals surface area contributed by atoms with Crippen LogP contribution in [0.2, 0.25) is 0 Å². The predicted molar refractivity (Wildman–Crippen MR) is 104 cm³/mol. The molecule has 0 saturated heterocycles. The summed E-state index contributed by atoms with van der Waals surface area (Å²) in [6, 6.07) is 12.3. The summed E-state index contributed by atoms with van der Waals surface area (Å²) in [5.41, 5.74) is 1.53. The number of esters is 1. The first-order chi connectivity index (χ1) is 14.9. The topological polar surface area (TPSA) is 76.1 Å². The summed E-state index contributed by atoms with van der Waals surface area (Å²) in [5.74, 6) is -1.08. The van der Waals surface area contributed by atoms with Crippen LogP contribution in [0.3, 0.4) is 0 Å². The van der Waals surface area contributed by atoms with Gasteiger partial charge in [-0.15, -0.1) is 0 Å². The normalized spacial score (nSPS) is 15.7. The number of ether oxygens (including phenoxy) is 1. The fourth-order valence-corrected chi connectivity index (χ4v) is 3.79. The monoisotopic (exact) mass is 426 g/mol. The molecule has 1 atom stereocenters. The maximum absolute atomic E-state index is 13.2. The summed E-state index contributed by atoms with van der Waals surface area (Å²) in [6.45, 7) is -0.210. The second kappa shape index (κ2) is 8.26. The summed E-state index contributed by atoms with van der Waals surface area (Å²) in [6.07, 6.45) is -1.15. The van der Waals surface area contributed by atoms with Crippen molar-refractivity contribution in [3.63, 3.8) is 0 Å². The van der Waals surface area contributed by atoms with Crippen molar-refractivity contribution in [2.45, 2.75) is 38.0 Å². The molecule has 0 bridgehead atoms. The molecule has 1 aliphatic carbocycles. The fraction of sp³-hybridized carbons (Fsp3) is 0.261. The van der Waals surface area contributed by atoms with E-state index >= 15 is 0 Å². The highest BCUT2D eigenvalue weighted by Gasteiger charge is 2.34. The van der Waals surface area contributed by atoms with E-state index in [4.69, 9.17) is 14.4 Å². The molecule has 1 unspecified atom stereocenters. The quantitative estimate of drug-likeness (QED) is 0.523. The number of halogens is 3. The Bertz CT molecular complexity index is 1160. The molecule has 0 aliphatic heterocycles. The van der Waals surface area contributed by atoms with Crippen LogP contribution < -0.4 is 0 Å². The Morgan fingerprint density at radius 1 is 1.26 bits per heavy atom. The van der Waals surface area contributed by atoms with Gasteiger partial charge in [0.15, 0.2) is 0 Å². The average molecular weight is 426 g/mol. The van der Waals surface area contributed by atoms with Crippen molar-refractivity contribution in [3.05, 3.63) is 76.7 Å². The van der Waals surface area contributed by atoms with Crippen LogP contribution in [0.5, 0.6) is 0 Å². The van der Waals surface area contributed by atoms with Gasteiger partial charge in [0.1, 0.15) is 18.6 Å². The van der Waals surface area contributed by atoms with Gasteiger partial charge in [-0.1, -0.05) is 18.2 Å². The molecule has 0 N–H and O–H groups in total. The molecule has 0 spiro atoms. The molecule has 4 rings (SSSR count). The molecule has 0 amide bonds. The fourth-order valence-electron chi connectivity index (χ4n) is 3.79. The molecule has 3 aromatic rings. The number of nitrogens with zero attached hydrogens (tertiary/aromatic N) is 2. The Morgan fingerprint density at radius 3 is 2.84 bits per heavy atom. The van der Waals surface area contributed by atoms with E-state index in [-0.39, 0.29) is 23.8 Å². The van der Waals surface area contributed by atoms with Gasteiger partial charge in [-0.25, -0.2) is 4.98 Å². The minimum Gasteiger partial charge on any atom is -0.459 e. The lowest BCUT2D eigenvalue weighted by molar-refractivity contribution is -0.147. The van der Waals surface area contributed by atoms with E-state index in [0.29, 0.717) is 12.0 Å². The highest BCUT2D eigenvalue weighted by Crippen LogP contribution is 2.37. The number of aromatic nitrogens is 1. The van der Waals surface area contributed by atoms with E-state index < -0.39 is 23.6 Å². The maximum atomic E-state index is 13.2. The van der Waals surface area contributed by atoms with Gasteiger partial charge in [0.05, 0.1) is 23.1 Å². The highest BCUT2D eigenvalue weighted by atomic mass is 19.4. The standard InChI is InChI=1S/C23H17F3N2O3/c24-23(25,26)20-7-2-1-5-19(20)21-28-16(12-30-21)13-31-22(29)18-6-3-4-15-10-14(11-27)8-9-17(15)18/h1-2,5,7-10,12,18H,3-4,6,13H2. The number of carbonyl (C=O) groups is 1. The van der Waals surface area contributed by atoms with Gasteiger partial charge < -0.3 is 9.15 Å². The van der Waals surface area contributed by atoms with E-state index in [1.54, 1.807) is 18.2 Å². The third kappa shape index (κ3) is 4.31. The molecule has 1 aliphatic rings. The molecule has 0 radical (unpaired) electrons. The molecule has 5 nitrogen and oxygen atoms in total. The molecule has 0 fully saturated rings. The lowest BCUT2D eigenvalue weighted by Crippen LogP contribution is -2.21. The lowest BCUT2D eigenvalue weighted by atomic mass is 9.82. The van der Waals surface area contributed by atoms with Crippen LogP contribution in [-0.4, -0.2) is 11.0 Å². The minimum atomic E-state index is -4.54. The first-order valence-electron chi connectivity index (χ1n) is 9.67. The van der Waals surface area contributed by atoms with Gasteiger partial charge in [-0.3, -0.25) is 4.79 Å². The van der Waals surface area contributed by atoms with Crippen molar-refractivity contribution in [1.29, 1.82) is 5.26 Å². The Balaban J connectivity index is 1.47. The van der Waals surface area contributed by atoms with Crippen molar-refractivity contribution in [1.82, 2.24) is 4.98 Å². The number of rotatable bonds is 4. The van der Waals surface area contributed by atoms with Crippen molar-refractivity contribution in [2.24, 2.45) is 0 Å². The number of carbonyl (C=O) groups excluding carboxylic acids is 1. The number of nitriles is 1. The minimum absolute atomic E-state index is 0.179. The molecule has 0 saturated carbocycles. The smallest absolute Gasteiger partial charge is 0.417 e. The Labute approximate surface area is 176 Å². The number of hydrogen-bond donors (Lipinski definition) is 0. The van der Waals surface area contributed by atoms with Crippen molar-refractivity contribution in [2.75, 3.05) is 0 Å². The third-order valence-corrected chi connectivity index (χ3v) is 5.25. The Kier molecular flexibility index (Phi) is 5.51. The molecular weight excluding hydrogens is 409 g/mol. The van der Waals surface area contributed by atoms with Gasteiger partial charge >= 0.3 is 12.1 Å². The van der Waals surface area contributed by atoms with Gasteiger partial charge in [-0.05, 0) is 54.7 Å². The predicted octanol–water partition coefficient (Wildman–Crippen LogP) is 5.40. The van der Waals surface area contributed by atoms with Crippen LogP contribution in [0.25, 0.3) is 11.5 Å². The number of fused-ring (bicyclic) bond motifs is 1. The zero-order valence-electron chi connectivity index (χ0n) is 16.3. The van der Waals surface area contributed by atoms with Crippen LogP contribution in [0.4, 0.5) is 13.2 Å². The number of aryl methyl sites for hydroxylation is 1. The van der Waals surface area contributed by atoms with E-state index in [1.165, 1.54) is 24.5 Å².